The van der Waals surface area contributed by atoms with Gasteiger partial charge in [0.25, 0.3) is 0 Å². The zero-order valence-corrected chi connectivity index (χ0v) is 27.0. The van der Waals surface area contributed by atoms with Gasteiger partial charge in [-0.1, -0.05) is 70.5 Å². The topological polar surface area (TPSA) is 25.8 Å². The third-order valence-electron chi connectivity index (χ3n) is 6.96. The Kier molecular flexibility index (Phi) is 10.9. The van der Waals surface area contributed by atoms with Gasteiger partial charge in [-0.25, -0.2) is 4.39 Å². The fourth-order valence-corrected chi connectivity index (χ4v) is 4.54. The van der Waals surface area contributed by atoms with Gasteiger partial charge in [0, 0.05) is 37.9 Å². The van der Waals surface area contributed by atoms with Crippen molar-refractivity contribution in [1.29, 1.82) is 0 Å². The van der Waals surface area contributed by atoms with E-state index in [0.29, 0.717) is 5.41 Å². The van der Waals surface area contributed by atoms with E-state index in [9.17, 15) is 4.39 Å². The predicted molar refractivity (Wildman–Crippen MR) is 163 cm³/mol. The molecule has 2 heterocycles. The summed E-state index contributed by atoms with van der Waals surface area (Å²) in [6, 6.07) is 35.1. The largest absolute Gasteiger partial charge is 0.304 e. The van der Waals surface area contributed by atoms with Crippen LogP contribution in [0.5, 0.6) is 0 Å². The van der Waals surface area contributed by atoms with Crippen molar-refractivity contribution in [1.82, 2.24) is 9.97 Å². The van der Waals surface area contributed by atoms with Gasteiger partial charge in [-0.2, -0.15) is 0 Å². The molecular weight excluding hydrogens is 684 g/mol. The van der Waals surface area contributed by atoms with Gasteiger partial charge in [-0.3, -0.25) is 0 Å². The van der Waals surface area contributed by atoms with Gasteiger partial charge < -0.3 is 9.97 Å². The Bertz CT molecular complexity index is 1510. The van der Waals surface area contributed by atoms with E-state index in [1.54, 1.807) is 0 Å². The van der Waals surface area contributed by atoms with Crippen LogP contribution in [0.1, 0.15) is 56.9 Å². The van der Waals surface area contributed by atoms with E-state index in [4.69, 9.17) is 0 Å². The molecule has 0 aliphatic rings. The zero-order valence-electron chi connectivity index (χ0n) is 24.6. The Morgan fingerprint density at radius 2 is 1.24 bits per heavy atom. The number of halogens is 1. The van der Waals surface area contributed by atoms with E-state index in [0.717, 1.165) is 40.1 Å². The van der Waals surface area contributed by atoms with Crippen molar-refractivity contribution in [2.24, 2.45) is 5.41 Å². The summed E-state index contributed by atoms with van der Waals surface area (Å²) in [5.74, 6) is -0.215. The molecule has 1 radical (unpaired) electrons. The third kappa shape index (κ3) is 8.76. The van der Waals surface area contributed by atoms with E-state index in [2.05, 4.69) is 81.8 Å². The maximum absolute atomic E-state index is 13.1. The number of benzene rings is 3. The van der Waals surface area contributed by atoms with E-state index < -0.39 is 0 Å². The second-order valence-electron chi connectivity index (χ2n) is 11.8. The minimum atomic E-state index is -0.223. The van der Waals surface area contributed by atoms with Gasteiger partial charge in [0.15, 0.2) is 0 Å². The Labute approximate surface area is 258 Å². The summed E-state index contributed by atoms with van der Waals surface area (Å²) < 4.78 is 13.1. The first-order valence-electron chi connectivity index (χ1n) is 13.7. The SMILES string of the molecule is CC(C)(c1ccc(F)cc1)c1ccc(-c2[c-]cccc2)nc1.Cc1cnc(-c2[c-]cccc2)cc1CC(C)(C)C.[Ir]. The summed E-state index contributed by atoms with van der Waals surface area (Å²) in [6.07, 6.45) is 4.93. The van der Waals surface area contributed by atoms with Crippen LogP contribution in [-0.4, -0.2) is 9.97 Å². The van der Waals surface area contributed by atoms with Crippen LogP contribution in [0.25, 0.3) is 22.5 Å². The molecule has 41 heavy (non-hydrogen) atoms. The minimum absolute atomic E-state index is 0. The Morgan fingerprint density at radius 1 is 0.683 bits per heavy atom. The summed E-state index contributed by atoms with van der Waals surface area (Å²) in [5.41, 5.74) is 8.84. The van der Waals surface area contributed by atoms with E-state index >= 15 is 0 Å². The summed E-state index contributed by atoms with van der Waals surface area (Å²) in [4.78, 5) is 9.06. The average molecular weight is 721 g/mol. The zero-order chi connectivity index (χ0) is 28.8. The van der Waals surface area contributed by atoms with Crippen LogP contribution in [0.2, 0.25) is 0 Å². The predicted octanol–water partition coefficient (Wildman–Crippen LogP) is 9.46. The number of aryl methyl sites for hydroxylation is 1. The van der Waals surface area contributed by atoms with Gasteiger partial charge in [-0.05, 0) is 59.0 Å². The maximum atomic E-state index is 13.1. The van der Waals surface area contributed by atoms with Gasteiger partial charge in [0.2, 0.25) is 0 Å². The molecule has 0 fully saturated rings. The van der Waals surface area contributed by atoms with Crippen molar-refractivity contribution in [3.63, 3.8) is 0 Å². The van der Waals surface area contributed by atoms with Gasteiger partial charge in [0.05, 0.1) is 0 Å². The van der Waals surface area contributed by atoms with Crippen molar-refractivity contribution in [3.05, 3.63) is 144 Å². The fraction of sp³-hybridized carbons (Fsp3) is 0.243. The maximum Gasteiger partial charge on any atom is 0.123 e. The van der Waals surface area contributed by atoms with Crippen molar-refractivity contribution in [2.45, 2.75) is 53.4 Å². The summed E-state index contributed by atoms with van der Waals surface area (Å²) in [7, 11) is 0. The Balaban J connectivity index is 0.000000225. The number of rotatable bonds is 5. The molecule has 4 heteroatoms. The van der Waals surface area contributed by atoms with Crippen molar-refractivity contribution in [2.75, 3.05) is 0 Å². The second kappa shape index (κ2) is 13.9. The molecule has 5 aromatic rings. The third-order valence-corrected chi connectivity index (χ3v) is 6.96. The molecule has 3 aromatic carbocycles. The van der Waals surface area contributed by atoms with E-state index in [1.807, 2.05) is 73.1 Å². The normalized spacial score (nSPS) is 11.2. The van der Waals surface area contributed by atoms with Crippen LogP contribution in [0, 0.1) is 30.3 Å². The Morgan fingerprint density at radius 3 is 1.76 bits per heavy atom. The molecule has 5 rings (SSSR count). The first-order chi connectivity index (χ1) is 19.0. The molecule has 0 N–H and O–H groups in total. The average Bonchev–Trinajstić information content (AvgIpc) is 2.95. The number of hydrogen-bond acceptors (Lipinski definition) is 2. The summed E-state index contributed by atoms with van der Waals surface area (Å²) in [5, 5.41) is 0. The molecule has 0 saturated heterocycles. The van der Waals surface area contributed by atoms with Gasteiger partial charge >= 0.3 is 0 Å². The van der Waals surface area contributed by atoms with Crippen molar-refractivity contribution < 1.29 is 24.5 Å². The van der Waals surface area contributed by atoms with Crippen LogP contribution in [0.4, 0.5) is 4.39 Å². The molecule has 0 amide bonds. The number of hydrogen-bond donors (Lipinski definition) is 0. The molecule has 213 valence electrons. The monoisotopic (exact) mass is 721 g/mol. The van der Waals surface area contributed by atoms with Crippen LogP contribution < -0.4 is 0 Å². The molecule has 0 aliphatic heterocycles. The molecule has 0 atom stereocenters. The quantitative estimate of drug-likeness (QED) is 0.169. The molecule has 2 aromatic heterocycles. The van der Waals surface area contributed by atoms with Crippen molar-refractivity contribution in [3.8, 4) is 22.5 Å². The number of nitrogens with zero attached hydrogens (tertiary/aromatic N) is 2. The molecule has 0 aliphatic carbocycles. The first kappa shape index (κ1) is 32.1. The van der Waals surface area contributed by atoms with E-state index in [-0.39, 0.29) is 31.3 Å². The summed E-state index contributed by atoms with van der Waals surface area (Å²) in [6.45, 7) is 13.2. The van der Waals surface area contributed by atoms with Crippen LogP contribution >= 0.6 is 0 Å². The van der Waals surface area contributed by atoms with Crippen molar-refractivity contribution >= 4 is 0 Å². The van der Waals surface area contributed by atoms with Gasteiger partial charge in [0.1, 0.15) is 5.82 Å². The summed E-state index contributed by atoms with van der Waals surface area (Å²) >= 11 is 0. The smallest absolute Gasteiger partial charge is 0.123 e. The van der Waals surface area contributed by atoms with E-state index in [1.165, 1.54) is 23.3 Å². The number of pyridine rings is 2. The molecule has 0 unspecified atom stereocenters. The second-order valence-corrected chi connectivity index (χ2v) is 11.8. The number of aromatic nitrogens is 2. The van der Waals surface area contributed by atoms with Crippen LogP contribution in [-0.2, 0) is 31.9 Å². The molecule has 0 spiro atoms. The first-order valence-corrected chi connectivity index (χ1v) is 13.7. The van der Waals surface area contributed by atoms with Crippen LogP contribution in [0.15, 0.2) is 103 Å². The Hall–Kier alpha value is -3.46. The molecule has 0 saturated carbocycles. The van der Waals surface area contributed by atoms with Gasteiger partial charge in [-0.15, -0.1) is 71.8 Å². The fourth-order valence-electron chi connectivity index (χ4n) is 4.54. The van der Waals surface area contributed by atoms with Crippen LogP contribution in [0.3, 0.4) is 0 Å². The molecule has 0 bridgehead atoms. The standard InChI is InChI=1S/C20H17FN.C17H20N.Ir/c1-20(2,16-8-11-18(21)12-9-16)17-10-13-19(22-14-17)15-6-4-3-5-7-15;1-13-12-18-16(14-8-6-5-7-9-14)10-15(13)11-17(2,3)4;/h3-6,8-14H,1-2H3;5-8,10,12H,11H2,1-4H3;/q2*-1;. The molecule has 2 nitrogen and oxygen atoms in total. The molecular formula is C37H37FIrN2-2. The minimum Gasteiger partial charge on any atom is -0.304 e.